The van der Waals surface area contributed by atoms with Gasteiger partial charge in [0.25, 0.3) is 0 Å². The summed E-state index contributed by atoms with van der Waals surface area (Å²) >= 11 is 0. The smallest absolute Gasteiger partial charge is 0.222 e. The van der Waals surface area contributed by atoms with Gasteiger partial charge < -0.3 is 4.90 Å². The molecule has 1 aliphatic rings. The Morgan fingerprint density at radius 1 is 1.11 bits per heavy atom. The molecule has 0 spiro atoms. The van der Waals surface area contributed by atoms with Crippen molar-refractivity contribution in [2.24, 2.45) is 0 Å². The number of carbonyl (C=O) groups is 1. The Bertz CT molecular complexity index is 368. The third-order valence-electron chi connectivity index (χ3n) is 3.26. The van der Waals surface area contributed by atoms with Gasteiger partial charge in [-0.2, -0.15) is 0 Å². The average molecular weight is 276 g/mol. The summed E-state index contributed by atoms with van der Waals surface area (Å²) in [6.07, 6.45) is 2.81. The van der Waals surface area contributed by atoms with E-state index in [1.165, 1.54) is 0 Å². The molecule has 106 valence electrons. The molecule has 18 heavy (non-hydrogen) atoms. The Hall–Kier alpha value is -0.620. The van der Waals surface area contributed by atoms with E-state index in [-0.39, 0.29) is 11.7 Å². The summed E-state index contributed by atoms with van der Waals surface area (Å²) < 4.78 is 25.7. The van der Waals surface area contributed by atoms with Crippen molar-refractivity contribution in [1.82, 2.24) is 9.21 Å². The summed E-state index contributed by atoms with van der Waals surface area (Å²) in [4.78, 5) is 13.4. The molecule has 0 aromatic rings. The second-order valence-electron chi connectivity index (χ2n) is 4.66. The molecule has 5 nitrogen and oxygen atoms in total. The number of carbonyl (C=O) groups excluding carboxylic acids is 1. The summed E-state index contributed by atoms with van der Waals surface area (Å²) in [5.74, 6) is 0.341. The molecule has 1 rings (SSSR count). The molecular weight excluding hydrogens is 252 g/mol. The van der Waals surface area contributed by atoms with E-state index in [9.17, 15) is 13.2 Å². The number of unbranched alkanes of at least 4 members (excludes halogenated alkanes) is 1. The number of amides is 1. The molecule has 1 amide bonds. The van der Waals surface area contributed by atoms with Crippen LogP contribution in [0.1, 0.15) is 39.5 Å². The predicted octanol–water partition coefficient (Wildman–Crippen LogP) is 1.06. The minimum Gasteiger partial charge on any atom is -0.341 e. The molecule has 0 radical (unpaired) electrons. The second kappa shape index (κ2) is 7.09. The molecule has 0 bridgehead atoms. The summed E-state index contributed by atoms with van der Waals surface area (Å²) in [6.45, 7) is 6.00. The lowest BCUT2D eigenvalue weighted by atomic mass is 10.3. The molecule has 0 aliphatic carbocycles. The number of hydrogen-bond donors (Lipinski definition) is 0. The van der Waals surface area contributed by atoms with Gasteiger partial charge in [0.05, 0.1) is 5.75 Å². The SMILES string of the molecule is CCCCS(=O)(=O)N1CCCN(C(=O)CC)CC1. The van der Waals surface area contributed by atoms with Crippen LogP contribution < -0.4 is 0 Å². The van der Waals surface area contributed by atoms with E-state index >= 15 is 0 Å². The van der Waals surface area contributed by atoms with Crippen molar-refractivity contribution in [2.75, 3.05) is 31.9 Å². The lowest BCUT2D eigenvalue weighted by Crippen LogP contribution is -2.38. The highest BCUT2D eigenvalue weighted by molar-refractivity contribution is 7.89. The third kappa shape index (κ3) is 4.24. The van der Waals surface area contributed by atoms with Crippen molar-refractivity contribution < 1.29 is 13.2 Å². The number of sulfonamides is 1. The largest absolute Gasteiger partial charge is 0.341 e. The topological polar surface area (TPSA) is 57.7 Å². The number of hydrogen-bond acceptors (Lipinski definition) is 3. The molecule has 0 aromatic carbocycles. The zero-order chi connectivity index (χ0) is 13.6. The fourth-order valence-corrected chi connectivity index (χ4v) is 3.78. The minimum atomic E-state index is -3.13. The van der Waals surface area contributed by atoms with Gasteiger partial charge in [-0.3, -0.25) is 4.79 Å². The van der Waals surface area contributed by atoms with Gasteiger partial charge in [-0.1, -0.05) is 20.3 Å². The van der Waals surface area contributed by atoms with E-state index in [0.717, 1.165) is 12.8 Å². The van der Waals surface area contributed by atoms with Gasteiger partial charge in [-0.05, 0) is 12.8 Å². The van der Waals surface area contributed by atoms with Gasteiger partial charge >= 0.3 is 0 Å². The van der Waals surface area contributed by atoms with Crippen molar-refractivity contribution in [2.45, 2.75) is 39.5 Å². The normalized spacial score (nSPS) is 18.7. The molecule has 0 aromatic heterocycles. The summed E-state index contributed by atoms with van der Waals surface area (Å²) in [6, 6.07) is 0. The first kappa shape index (κ1) is 15.4. The highest BCUT2D eigenvalue weighted by atomic mass is 32.2. The molecule has 0 atom stereocenters. The summed E-state index contributed by atoms with van der Waals surface area (Å²) in [7, 11) is -3.13. The van der Waals surface area contributed by atoms with E-state index < -0.39 is 10.0 Å². The van der Waals surface area contributed by atoms with Crippen LogP contribution in [0.15, 0.2) is 0 Å². The second-order valence-corrected chi connectivity index (χ2v) is 6.74. The van der Waals surface area contributed by atoms with E-state index in [1.54, 1.807) is 9.21 Å². The maximum Gasteiger partial charge on any atom is 0.222 e. The summed E-state index contributed by atoms with van der Waals surface area (Å²) in [5, 5.41) is 0. The Morgan fingerprint density at radius 3 is 2.44 bits per heavy atom. The Balaban J connectivity index is 2.58. The molecule has 0 unspecified atom stereocenters. The van der Waals surface area contributed by atoms with Gasteiger partial charge in [0.2, 0.25) is 15.9 Å². The molecule has 1 fully saturated rings. The molecule has 1 heterocycles. The maximum absolute atomic E-state index is 12.1. The molecule has 0 saturated carbocycles. The van der Waals surface area contributed by atoms with E-state index in [2.05, 4.69) is 0 Å². The molecule has 1 saturated heterocycles. The fraction of sp³-hybridized carbons (Fsp3) is 0.917. The van der Waals surface area contributed by atoms with Gasteiger partial charge in [-0.15, -0.1) is 0 Å². The van der Waals surface area contributed by atoms with E-state index in [0.29, 0.717) is 39.0 Å². The van der Waals surface area contributed by atoms with Crippen molar-refractivity contribution >= 4 is 15.9 Å². The zero-order valence-corrected chi connectivity index (χ0v) is 12.2. The molecule has 0 N–H and O–H groups in total. The number of rotatable bonds is 5. The Labute approximate surface area is 110 Å². The van der Waals surface area contributed by atoms with Gasteiger partial charge in [0.1, 0.15) is 0 Å². The van der Waals surface area contributed by atoms with Crippen molar-refractivity contribution in [3.63, 3.8) is 0 Å². The lowest BCUT2D eigenvalue weighted by Gasteiger charge is -2.21. The van der Waals surface area contributed by atoms with Gasteiger partial charge in [-0.25, -0.2) is 12.7 Å². The number of nitrogens with zero attached hydrogens (tertiary/aromatic N) is 2. The first-order valence-corrected chi connectivity index (χ1v) is 8.37. The van der Waals surface area contributed by atoms with E-state index in [4.69, 9.17) is 0 Å². The van der Waals surface area contributed by atoms with Gasteiger partial charge in [0.15, 0.2) is 0 Å². The quantitative estimate of drug-likeness (QED) is 0.754. The van der Waals surface area contributed by atoms with E-state index in [1.807, 2.05) is 13.8 Å². The molecule has 6 heteroatoms. The summed E-state index contributed by atoms with van der Waals surface area (Å²) in [5.41, 5.74) is 0. The third-order valence-corrected chi connectivity index (χ3v) is 5.22. The van der Waals surface area contributed by atoms with Crippen LogP contribution in [0.2, 0.25) is 0 Å². The minimum absolute atomic E-state index is 0.114. The Kier molecular flexibility index (Phi) is 6.08. The highest BCUT2D eigenvalue weighted by Crippen LogP contribution is 2.11. The van der Waals surface area contributed by atoms with Crippen LogP contribution in [0.25, 0.3) is 0 Å². The van der Waals surface area contributed by atoms with Crippen LogP contribution in [0.3, 0.4) is 0 Å². The maximum atomic E-state index is 12.1. The van der Waals surface area contributed by atoms with Crippen LogP contribution in [0, 0.1) is 0 Å². The average Bonchev–Trinajstić information content (AvgIpc) is 2.61. The van der Waals surface area contributed by atoms with Crippen molar-refractivity contribution in [3.05, 3.63) is 0 Å². The van der Waals surface area contributed by atoms with Crippen LogP contribution in [0.4, 0.5) is 0 Å². The first-order valence-electron chi connectivity index (χ1n) is 6.76. The van der Waals surface area contributed by atoms with Crippen molar-refractivity contribution in [1.29, 1.82) is 0 Å². The zero-order valence-electron chi connectivity index (χ0n) is 11.4. The molecule has 1 aliphatic heterocycles. The van der Waals surface area contributed by atoms with Crippen LogP contribution in [-0.2, 0) is 14.8 Å². The van der Waals surface area contributed by atoms with Crippen LogP contribution in [-0.4, -0.2) is 55.5 Å². The lowest BCUT2D eigenvalue weighted by molar-refractivity contribution is -0.130. The van der Waals surface area contributed by atoms with Gasteiger partial charge in [0, 0.05) is 32.6 Å². The van der Waals surface area contributed by atoms with Crippen molar-refractivity contribution in [3.8, 4) is 0 Å². The van der Waals surface area contributed by atoms with Crippen LogP contribution >= 0.6 is 0 Å². The standard InChI is InChI=1S/C12H24N2O3S/c1-3-5-11-18(16,17)14-8-6-7-13(9-10-14)12(15)4-2/h3-11H2,1-2H3. The monoisotopic (exact) mass is 276 g/mol. The first-order chi connectivity index (χ1) is 8.51. The predicted molar refractivity (Wildman–Crippen MR) is 71.8 cm³/mol. The molecular formula is C12H24N2O3S. The fourth-order valence-electron chi connectivity index (χ4n) is 2.10. The Morgan fingerprint density at radius 2 is 1.83 bits per heavy atom. The van der Waals surface area contributed by atoms with Crippen LogP contribution in [0.5, 0.6) is 0 Å². The highest BCUT2D eigenvalue weighted by Gasteiger charge is 2.25.